The number of halogens is 3. The van der Waals surface area contributed by atoms with Crippen molar-refractivity contribution in [2.75, 3.05) is 11.9 Å². The van der Waals surface area contributed by atoms with Gasteiger partial charge in [-0.15, -0.1) is 0 Å². The van der Waals surface area contributed by atoms with Gasteiger partial charge in [0.05, 0.1) is 23.1 Å². The van der Waals surface area contributed by atoms with E-state index in [0.29, 0.717) is 5.69 Å². The number of amides is 1. The fraction of sp³-hybridized carbons (Fsp3) is 0.250. The SMILES string of the molecule is O=C(CBr)NCC(F)(F)c1ccccc1OCc1ccccn1. The molecule has 0 spiro atoms. The molecule has 2 rings (SSSR count). The van der Waals surface area contributed by atoms with Gasteiger partial charge in [-0.2, -0.15) is 8.78 Å². The van der Waals surface area contributed by atoms with Gasteiger partial charge in [0.1, 0.15) is 12.4 Å². The number of benzene rings is 1. The molecule has 0 aliphatic rings. The third-order valence-corrected chi connectivity index (χ3v) is 3.52. The summed E-state index contributed by atoms with van der Waals surface area (Å²) in [6, 6.07) is 11.2. The van der Waals surface area contributed by atoms with Gasteiger partial charge in [0.2, 0.25) is 5.91 Å². The van der Waals surface area contributed by atoms with E-state index in [-0.39, 0.29) is 23.2 Å². The third kappa shape index (κ3) is 4.99. The van der Waals surface area contributed by atoms with Gasteiger partial charge in [0.15, 0.2) is 0 Å². The van der Waals surface area contributed by atoms with E-state index in [4.69, 9.17) is 4.74 Å². The van der Waals surface area contributed by atoms with Crippen LogP contribution in [-0.2, 0) is 17.3 Å². The number of para-hydroxylation sites is 1. The van der Waals surface area contributed by atoms with Gasteiger partial charge in [0, 0.05) is 6.20 Å². The highest BCUT2D eigenvalue weighted by molar-refractivity contribution is 9.09. The third-order valence-electron chi connectivity index (χ3n) is 3.01. The summed E-state index contributed by atoms with van der Waals surface area (Å²) in [6.45, 7) is -0.705. The zero-order valence-electron chi connectivity index (χ0n) is 12.1. The van der Waals surface area contributed by atoms with Gasteiger partial charge in [-0.1, -0.05) is 34.1 Å². The van der Waals surface area contributed by atoms with Crippen LogP contribution in [-0.4, -0.2) is 22.8 Å². The molecule has 7 heteroatoms. The Morgan fingerprint density at radius 2 is 1.96 bits per heavy atom. The predicted octanol–water partition coefficient (Wildman–Crippen LogP) is 3.26. The van der Waals surface area contributed by atoms with E-state index >= 15 is 0 Å². The van der Waals surface area contributed by atoms with Crippen molar-refractivity contribution in [3.63, 3.8) is 0 Å². The molecule has 0 radical (unpaired) electrons. The summed E-state index contributed by atoms with van der Waals surface area (Å²) in [5.41, 5.74) is 0.365. The summed E-state index contributed by atoms with van der Waals surface area (Å²) in [7, 11) is 0. The minimum Gasteiger partial charge on any atom is -0.487 e. The number of carbonyl (C=O) groups is 1. The molecule has 0 bridgehead atoms. The Hall–Kier alpha value is -2.02. The molecule has 1 heterocycles. The number of hydrogen-bond donors (Lipinski definition) is 1. The molecule has 0 fully saturated rings. The highest BCUT2D eigenvalue weighted by Crippen LogP contribution is 2.34. The van der Waals surface area contributed by atoms with Gasteiger partial charge >= 0.3 is 0 Å². The van der Waals surface area contributed by atoms with Crippen molar-refractivity contribution in [2.24, 2.45) is 0 Å². The Labute approximate surface area is 141 Å². The molecule has 4 nitrogen and oxygen atoms in total. The van der Waals surface area contributed by atoms with Crippen LogP contribution in [0.25, 0.3) is 0 Å². The molecule has 0 saturated heterocycles. The predicted molar refractivity (Wildman–Crippen MR) is 85.7 cm³/mol. The first kappa shape index (κ1) is 17.3. The Morgan fingerprint density at radius 3 is 2.65 bits per heavy atom. The number of nitrogens with zero attached hydrogens (tertiary/aromatic N) is 1. The van der Waals surface area contributed by atoms with Crippen molar-refractivity contribution in [3.05, 3.63) is 59.9 Å². The van der Waals surface area contributed by atoms with Crippen LogP contribution in [0.1, 0.15) is 11.3 Å². The molecule has 23 heavy (non-hydrogen) atoms. The second-order valence-electron chi connectivity index (χ2n) is 4.72. The van der Waals surface area contributed by atoms with E-state index < -0.39 is 18.4 Å². The zero-order chi connectivity index (χ0) is 16.7. The highest BCUT2D eigenvalue weighted by atomic mass is 79.9. The van der Waals surface area contributed by atoms with Crippen LogP contribution in [0.3, 0.4) is 0 Å². The van der Waals surface area contributed by atoms with Crippen LogP contribution in [0.15, 0.2) is 48.7 Å². The van der Waals surface area contributed by atoms with Crippen molar-refractivity contribution < 1.29 is 18.3 Å². The Balaban J connectivity index is 2.11. The molecule has 1 N–H and O–H groups in total. The summed E-state index contributed by atoms with van der Waals surface area (Å²) >= 11 is 2.92. The molecule has 0 aliphatic heterocycles. The van der Waals surface area contributed by atoms with E-state index in [1.54, 1.807) is 30.5 Å². The topological polar surface area (TPSA) is 51.2 Å². The largest absolute Gasteiger partial charge is 0.487 e. The Kier molecular flexibility index (Phi) is 6.04. The lowest BCUT2D eigenvalue weighted by molar-refractivity contribution is -0.120. The molecule has 1 amide bonds. The number of rotatable bonds is 7. The maximum atomic E-state index is 14.3. The normalized spacial score (nSPS) is 11.1. The number of hydrogen-bond acceptors (Lipinski definition) is 3. The van der Waals surface area contributed by atoms with E-state index in [9.17, 15) is 13.6 Å². The highest BCUT2D eigenvalue weighted by Gasteiger charge is 2.35. The average Bonchev–Trinajstić information content (AvgIpc) is 2.59. The Morgan fingerprint density at radius 1 is 1.22 bits per heavy atom. The number of carbonyl (C=O) groups excluding carboxylic acids is 1. The van der Waals surface area contributed by atoms with Crippen molar-refractivity contribution in [3.8, 4) is 5.75 Å². The molecule has 0 atom stereocenters. The maximum absolute atomic E-state index is 14.3. The Bertz CT molecular complexity index is 654. The summed E-state index contributed by atoms with van der Waals surface area (Å²) in [6.07, 6.45) is 1.61. The van der Waals surface area contributed by atoms with Crippen LogP contribution in [0.2, 0.25) is 0 Å². The van der Waals surface area contributed by atoms with Crippen molar-refractivity contribution in [1.82, 2.24) is 10.3 Å². The fourth-order valence-corrected chi connectivity index (χ4v) is 2.08. The van der Waals surface area contributed by atoms with E-state index in [2.05, 4.69) is 26.2 Å². The first-order valence-corrected chi connectivity index (χ1v) is 7.98. The molecule has 122 valence electrons. The summed E-state index contributed by atoms with van der Waals surface area (Å²) in [5, 5.41) is 2.14. The lowest BCUT2D eigenvalue weighted by atomic mass is 10.1. The van der Waals surface area contributed by atoms with Gasteiger partial charge < -0.3 is 10.1 Å². The summed E-state index contributed by atoms with van der Waals surface area (Å²) in [4.78, 5) is 15.2. The van der Waals surface area contributed by atoms with Crippen LogP contribution in [0, 0.1) is 0 Å². The second kappa shape index (κ2) is 8.01. The number of aromatic nitrogens is 1. The summed E-state index contributed by atoms with van der Waals surface area (Å²) in [5.74, 6) is -3.67. The molecule has 1 aromatic heterocycles. The maximum Gasteiger partial charge on any atom is 0.293 e. The van der Waals surface area contributed by atoms with E-state index in [0.717, 1.165) is 0 Å². The first-order valence-electron chi connectivity index (χ1n) is 6.85. The van der Waals surface area contributed by atoms with E-state index in [1.165, 1.54) is 18.2 Å². The molecule has 0 saturated carbocycles. The minimum atomic E-state index is -3.24. The van der Waals surface area contributed by atoms with Gasteiger partial charge in [-0.3, -0.25) is 9.78 Å². The molecule has 0 unspecified atom stereocenters. The number of pyridine rings is 1. The van der Waals surface area contributed by atoms with E-state index in [1.807, 2.05) is 0 Å². The average molecular weight is 385 g/mol. The monoisotopic (exact) mass is 384 g/mol. The second-order valence-corrected chi connectivity index (χ2v) is 5.28. The van der Waals surface area contributed by atoms with Crippen molar-refractivity contribution >= 4 is 21.8 Å². The minimum absolute atomic E-state index is 0.0269. The van der Waals surface area contributed by atoms with Crippen LogP contribution < -0.4 is 10.1 Å². The van der Waals surface area contributed by atoms with Crippen molar-refractivity contribution in [2.45, 2.75) is 12.5 Å². The zero-order valence-corrected chi connectivity index (χ0v) is 13.7. The van der Waals surface area contributed by atoms with Crippen LogP contribution in [0.4, 0.5) is 8.78 Å². The van der Waals surface area contributed by atoms with Gasteiger partial charge in [0.25, 0.3) is 5.92 Å². The molecular formula is C16H15BrF2N2O2. The van der Waals surface area contributed by atoms with Crippen molar-refractivity contribution in [1.29, 1.82) is 0 Å². The number of nitrogens with one attached hydrogen (secondary N) is 1. The van der Waals surface area contributed by atoms with Gasteiger partial charge in [-0.25, -0.2) is 0 Å². The van der Waals surface area contributed by atoms with Crippen LogP contribution in [0.5, 0.6) is 5.75 Å². The number of ether oxygens (including phenoxy) is 1. The lowest BCUT2D eigenvalue weighted by Gasteiger charge is -2.20. The smallest absolute Gasteiger partial charge is 0.293 e. The molecule has 2 aromatic rings. The lowest BCUT2D eigenvalue weighted by Crippen LogP contribution is -2.35. The fourth-order valence-electron chi connectivity index (χ4n) is 1.88. The molecular weight excluding hydrogens is 370 g/mol. The molecule has 0 aliphatic carbocycles. The first-order chi connectivity index (χ1) is 11.0. The summed E-state index contributed by atoms with van der Waals surface area (Å²) < 4.78 is 34.1. The standard InChI is InChI=1S/C16H15BrF2N2O2/c17-9-15(22)21-11-16(18,19)13-6-1-2-7-14(13)23-10-12-5-3-4-8-20-12/h1-8H,9-11H2,(H,21,22). The quantitative estimate of drug-likeness (QED) is 0.745. The van der Waals surface area contributed by atoms with Gasteiger partial charge in [-0.05, 0) is 24.3 Å². The molecule has 1 aromatic carbocycles. The van der Waals surface area contributed by atoms with Crippen LogP contribution >= 0.6 is 15.9 Å². The number of alkyl halides is 3.